The fraction of sp³-hybridized carbons (Fsp3) is 0.636. The smallest absolute Gasteiger partial charge is 0.270 e. The van der Waals surface area contributed by atoms with Gasteiger partial charge in [-0.2, -0.15) is 5.10 Å². The third-order valence-electron chi connectivity index (χ3n) is 2.37. The number of nitrogens with one attached hydrogen (secondary N) is 1. The van der Waals surface area contributed by atoms with E-state index in [0.717, 1.165) is 12.1 Å². The summed E-state index contributed by atoms with van der Waals surface area (Å²) in [4.78, 5) is 11.9. The SMILES string of the molecule is CCc1cc(C(=O)NC(C)(C)CO)n(C)n1. The van der Waals surface area contributed by atoms with Gasteiger partial charge in [-0.3, -0.25) is 9.48 Å². The first-order valence-electron chi connectivity index (χ1n) is 5.36. The van der Waals surface area contributed by atoms with Crippen LogP contribution in [0.3, 0.4) is 0 Å². The monoisotopic (exact) mass is 225 g/mol. The average molecular weight is 225 g/mol. The highest BCUT2D eigenvalue weighted by molar-refractivity contribution is 5.93. The van der Waals surface area contributed by atoms with Crippen molar-refractivity contribution in [2.24, 2.45) is 7.05 Å². The van der Waals surface area contributed by atoms with E-state index in [2.05, 4.69) is 10.4 Å². The molecule has 0 aliphatic heterocycles. The second kappa shape index (κ2) is 4.65. The van der Waals surface area contributed by atoms with E-state index in [4.69, 9.17) is 5.11 Å². The lowest BCUT2D eigenvalue weighted by Crippen LogP contribution is -2.46. The molecular weight excluding hydrogens is 206 g/mol. The van der Waals surface area contributed by atoms with Crippen LogP contribution in [0.5, 0.6) is 0 Å². The number of aromatic nitrogens is 2. The van der Waals surface area contributed by atoms with Crippen LogP contribution in [0, 0.1) is 0 Å². The number of amides is 1. The van der Waals surface area contributed by atoms with E-state index < -0.39 is 5.54 Å². The van der Waals surface area contributed by atoms with E-state index in [1.54, 1.807) is 31.6 Å². The van der Waals surface area contributed by atoms with Crippen molar-refractivity contribution in [3.05, 3.63) is 17.5 Å². The quantitative estimate of drug-likeness (QED) is 0.783. The normalized spacial score (nSPS) is 11.6. The van der Waals surface area contributed by atoms with Crippen LogP contribution >= 0.6 is 0 Å². The molecule has 1 rings (SSSR count). The number of hydrogen-bond donors (Lipinski definition) is 2. The van der Waals surface area contributed by atoms with Crippen LogP contribution in [0.25, 0.3) is 0 Å². The predicted octanol–water partition coefficient (Wildman–Crippen LogP) is 0.483. The molecule has 0 bridgehead atoms. The summed E-state index contributed by atoms with van der Waals surface area (Å²) in [6.07, 6.45) is 0.796. The largest absolute Gasteiger partial charge is 0.394 e. The Hall–Kier alpha value is -1.36. The molecule has 0 radical (unpaired) electrons. The van der Waals surface area contributed by atoms with Crippen LogP contribution in [-0.2, 0) is 13.5 Å². The summed E-state index contributed by atoms with van der Waals surface area (Å²) in [6, 6.07) is 1.77. The Kier molecular flexibility index (Phi) is 3.70. The van der Waals surface area contributed by atoms with Crippen LogP contribution in [-0.4, -0.2) is 32.9 Å². The maximum absolute atomic E-state index is 11.9. The van der Waals surface area contributed by atoms with Crippen molar-refractivity contribution in [1.82, 2.24) is 15.1 Å². The van der Waals surface area contributed by atoms with Gasteiger partial charge in [0.2, 0.25) is 0 Å². The molecule has 1 heterocycles. The van der Waals surface area contributed by atoms with Crippen molar-refractivity contribution in [1.29, 1.82) is 0 Å². The molecule has 0 saturated carbocycles. The molecule has 1 aromatic rings. The van der Waals surface area contributed by atoms with Crippen LogP contribution < -0.4 is 5.32 Å². The minimum absolute atomic E-state index is 0.1000. The molecule has 5 nitrogen and oxygen atoms in total. The number of aliphatic hydroxyl groups excluding tert-OH is 1. The maximum atomic E-state index is 11.9. The topological polar surface area (TPSA) is 67.2 Å². The van der Waals surface area contributed by atoms with E-state index in [9.17, 15) is 4.79 Å². The Morgan fingerprint density at radius 1 is 1.62 bits per heavy atom. The number of nitrogens with zero attached hydrogens (tertiary/aromatic N) is 2. The average Bonchev–Trinajstić information content (AvgIpc) is 2.59. The van der Waals surface area contributed by atoms with E-state index >= 15 is 0 Å². The van der Waals surface area contributed by atoms with Crippen molar-refractivity contribution < 1.29 is 9.90 Å². The van der Waals surface area contributed by atoms with Gasteiger partial charge >= 0.3 is 0 Å². The van der Waals surface area contributed by atoms with E-state index in [0.29, 0.717) is 5.69 Å². The van der Waals surface area contributed by atoms with Gasteiger partial charge in [0.15, 0.2) is 0 Å². The molecule has 5 heteroatoms. The summed E-state index contributed by atoms with van der Waals surface area (Å²) in [5.74, 6) is -0.214. The lowest BCUT2D eigenvalue weighted by atomic mass is 10.1. The fourth-order valence-corrected chi connectivity index (χ4v) is 1.32. The first kappa shape index (κ1) is 12.7. The molecule has 90 valence electrons. The van der Waals surface area contributed by atoms with Gasteiger partial charge in [0.05, 0.1) is 17.8 Å². The Morgan fingerprint density at radius 2 is 2.25 bits per heavy atom. The molecule has 0 atom stereocenters. The van der Waals surface area contributed by atoms with Gasteiger partial charge in [-0.25, -0.2) is 0 Å². The first-order chi connectivity index (χ1) is 7.39. The zero-order chi connectivity index (χ0) is 12.3. The Morgan fingerprint density at radius 3 is 2.69 bits per heavy atom. The van der Waals surface area contributed by atoms with Gasteiger partial charge in [-0.15, -0.1) is 0 Å². The second-order valence-corrected chi connectivity index (χ2v) is 4.49. The Balaban J connectivity index is 2.84. The molecule has 16 heavy (non-hydrogen) atoms. The zero-order valence-electron chi connectivity index (χ0n) is 10.2. The minimum Gasteiger partial charge on any atom is -0.394 e. The van der Waals surface area contributed by atoms with Crippen molar-refractivity contribution in [2.45, 2.75) is 32.7 Å². The molecule has 1 amide bonds. The van der Waals surface area contributed by atoms with Gasteiger partial charge in [-0.05, 0) is 26.3 Å². The summed E-state index contributed by atoms with van der Waals surface area (Å²) in [6.45, 7) is 5.42. The van der Waals surface area contributed by atoms with Crippen LogP contribution in [0.15, 0.2) is 6.07 Å². The lowest BCUT2D eigenvalue weighted by molar-refractivity contribution is 0.0859. The molecule has 0 fully saturated rings. The first-order valence-corrected chi connectivity index (χ1v) is 5.36. The summed E-state index contributed by atoms with van der Waals surface area (Å²) >= 11 is 0. The summed E-state index contributed by atoms with van der Waals surface area (Å²) in [7, 11) is 1.74. The summed E-state index contributed by atoms with van der Waals surface area (Å²) < 4.78 is 1.56. The predicted molar refractivity (Wildman–Crippen MR) is 61.2 cm³/mol. The van der Waals surface area contributed by atoms with E-state index in [1.165, 1.54) is 0 Å². The maximum Gasteiger partial charge on any atom is 0.270 e. The van der Waals surface area contributed by atoms with Gasteiger partial charge in [0.25, 0.3) is 5.91 Å². The number of carbonyl (C=O) groups excluding carboxylic acids is 1. The molecule has 0 aliphatic carbocycles. The number of aliphatic hydroxyl groups is 1. The molecule has 1 aromatic heterocycles. The molecular formula is C11H19N3O2. The Bertz CT molecular complexity index is 383. The highest BCUT2D eigenvalue weighted by Crippen LogP contribution is 2.07. The number of carbonyl (C=O) groups is 1. The van der Waals surface area contributed by atoms with Gasteiger partial charge in [0, 0.05) is 7.05 Å². The standard InChI is InChI=1S/C11H19N3O2/c1-5-8-6-9(14(4)13-8)10(16)12-11(2,3)7-15/h6,15H,5,7H2,1-4H3,(H,12,16). The number of hydrogen-bond acceptors (Lipinski definition) is 3. The van der Waals surface area contributed by atoms with Crippen LogP contribution in [0.4, 0.5) is 0 Å². The van der Waals surface area contributed by atoms with Crippen LogP contribution in [0.2, 0.25) is 0 Å². The molecule has 0 saturated heterocycles. The van der Waals surface area contributed by atoms with Crippen LogP contribution in [0.1, 0.15) is 37.0 Å². The van der Waals surface area contributed by atoms with Crippen molar-refractivity contribution in [2.75, 3.05) is 6.61 Å². The van der Waals surface area contributed by atoms with Crippen molar-refractivity contribution >= 4 is 5.91 Å². The van der Waals surface area contributed by atoms with Crippen molar-refractivity contribution in [3.8, 4) is 0 Å². The van der Waals surface area contributed by atoms with E-state index in [1.807, 2.05) is 6.92 Å². The highest BCUT2D eigenvalue weighted by atomic mass is 16.3. The summed E-state index contributed by atoms with van der Waals surface area (Å²) in [5.41, 5.74) is 0.779. The number of aryl methyl sites for hydroxylation is 2. The zero-order valence-corrected chi connectivity index (χ0v) is 10.2. The van der Waals surface area contributed by atoms with E-state index in [-0.39, 0.29) is 12.5 Å². The van der Waals surface area contributed by atoms with Gasteiger partial charge in [0.1, 0.15) is 5.69 Å². The third-order valence-corrected chi connectivity index (χ3v) is 2.37. The highest BCUT2D eigenvalue weighted by Gasteiger charge is 2.22. The third kappa shape index (κ3) is 2.82. The molecule has 0 unspecified atom stereocenters. The second-order valence-electron chi connectivity index (χ2n) is 4.49. The molecule has 0 aliphatic rings. The molecule has 2 N–H and O–H groups in total. The fourth-order valence-electron chi connectivity index (χ4n) is 1.32. The number of rotatable bonds is 4. The van der Waals surface area contributed by atoms with Gasteiger partial charge < -0.3 is 10.4 Å². The minimum atomic E-state index is -0.617. The summed E-state index contributed by atoms with van der Waals surface area (Å²) in [5, 5.41) is 16.0. The van der Waals surface area contributed by atoms with Crippen molar-refractivity contribution in [3.63, 3.8) is 0 Å². The molecule has 0 spiro atoms. The molecule has 0 aromatic carbocycles. The Labute approximate surface area is 95.5 Å². The van der Waals surface area contributed by atoms with Gasteiger partial charge in [-0.1, -0.05) is 6.92 Å². The lowest BCUT2D eigenvalue weighted by Gasteiger charge is -2.23.